The van der Waals surface area contributed by atoms with Crippen LogP contribution in [0.25, 0.3) is 0 Å². The molecule has 0 radical (unpaired) electrons. The van der Waals surface area contributed by atoms with E-state index in [0.717, 1.165) is 31.5 Å². The molecule has 1 aliphatic heterocycles. The molecule has 1 N–H and O–H groups in total. The van der Waals surface area contributed by atoms with E-state index in [0.29, 0.717) is 12.2 Å². The van der Waals surface area contributed by atoms with Crippen molar-refractivity contribution in [2.24, 2.45) is 0 Å². The third-order valence-corrected chi connectivity index (χ3v) is 5.11. The minimum atomic E-state index is -0.525. The van der Waals surface area contributed by atoms with Crippen LogP contribution in [0.4, 0.5) is 5.69 Å². The first-order valence-electron chi connectivity index (χ1n) is 9.51. The number of hydrogen-bond acceptors (Lipinski definition) is 3. The predicted molar refractivity (Wildman–Crippen MR) is 97.8 cm³/mol. The van der Waals surface area contributed by atoms with E-state index < -0.39 is 6.10 Å². The zero-order valence-corrected chi connectivity index (χ0v) is 15.0. The molecule has 0 unspecified atom stereocenters. The van der Waals surface area contributed by atoms with Crippen LogP contribution in [0.1, 0.15) is 58.3 Å². The summed E-state index contributed by atoms with van der Waals surface area (Å²) in [5.41, 5.74) is 0.894. The Morgan fingerprint density at radius 2 is 1.80 bits per heavy atom. The smallest absolute Gasteiger partial charge is 0.260 e. The van der Waals surface area contributed by atoms with Gasteiger partial charge in [0.1, 0.15) is 5.75 Å². The number of carbonyl (C=O) groups excluding carboxylic acids is 2. The van der Waals surface area contributed by atoms with Gasteiger partial charge in [0.2, 0.25) is 5.91 Å². The molecule has 1 saturated carbocycles. The highest BCUT2D eigenvalue weighted by Crippen LogP contribution is 2.24. The van der Waals surface area contributed by atoms with Crippen LogP contribution < -0.4 is 15.0 Å². The van der Waals surface area contributed by atoms with Gasteiger partial charge in [-0.05, 0) is 50.5 Å². The summed E-state index contributed by atoms with van der Waals surface area (Å²) in [6.45, 7) is 2.56. The zero-order valence-electron chi connectivity index (χ0n) is 15.0. The topological polar surface area (TPSA) is 58.6 Å². The van der Waals surface area contributed by atoms with Gasteiger partial charge in [-0.2, -0.15) is 0 Å². The van der Waals surface area contributed by atoms with E-state index in [-0.39, 0.29) is 17.9 Å². The molecule has 0 bridgehead atoms. The van der Waals surface area contributed by atoms with Gasteiger partial charge in [0, 0.05) is 24.7 Å². The fourth-order valence-corrected chi connectivity index (χ4v) is 3.63. The second-order valence-electron chi connectivity index (χ2n) is 7.10. The molecule has 5 nitrogen and oxygen atoms in total. The summed E-state index contributed by atoms with van der Waals surface area (Å²) in [5.74, 6) is 0.773. The maximum absolute atomic E-state index is 12.4. The minimum absolute atomic E-state index is 0.0503. The molecule has 1 heterocycles. The monoisotopic (exact) mass is 344 g/mol. The largest absolute Gasteiger partial charge is 0.481 e. The summed E-state index contributed by atoms with van der Waals surface area (Å²) in [6.07, 6.45) is 8.06. The maximum Gasteiger partial charge on any atom is 0.260 e. The summed E-state index contributed by atoms with van der Waals surface area (Å²) in [6, 6.07) is 7.71. The van der Waals surface area contributed by atoms with E-state index in [9.17, 15) is 9.59 Å². The third kappa shape index (κ3) is 4.74. The molecule has 2 amide bonds. The number of amides is 2. The second kappa shape index (κ2) is 8.37. The van der Waals surface area contributed by atoms with Crippen molar-refractivity contribution in [1.29, 1.82) is 0 Å². The Morgan fingerprint density at radius 3 is 2.40 bits per heavy atom. The Bertz CT molecular complexity index is 591. The van der Waals surface area contributed by atoms with Crippen molar-refractivity contribution in [3.05, 3.63) is 24.3 Å². The van der Waals surface area contributed by atoms with E-state index in [1.165, 1.54) is 25.7 Å². The van der Waals surface area contributed by atoms with Crippen LogP contribution in [0, 0.1) is 0 Å². The first-order chi connectivity index (χ1) is 12.1. The van der Waals surface area contributed by atoms with Gasteiger partial charge in [0.15, 0.2) is 6.10 Å². The Hall–Kier alpha value is -2.04. The van der Waals surface area contributed by atoms with E-state index in [2.05, 4.69) is 5.32 Å². The molecule has 1 atom stereocenters. The number of nitrogens with one attached hydrogen (secondary N) is 1. The number of hydrogen-bond donors (Lipinski definition) is 1. The van der Waals surface area contributed by atoms with Crippen molar-refractivity contribution in [3.8, 4) is 5.75 Å². The number of rotatable bonds is 5. The average Bonchev–Trinajstić information content (AvgIpc) is 2.88. The highest BCUT2D eigenvalue weighted by molar-refractivity contribution is 5.95. The van der Waals surface area contributed by atoms with Gasteiger partial charge in [-0.25, -0.2) is 0 Å². The van der Waals surface area contributed by atoms with Gasteiger partial charge in [-0.3, -0.25) is 9.59 Å². The van der Waals surface area contributed by atoms with E-state index >= 15 is 0 Å². The number of benzene rings is 1. The van der Waals surface area contributed by atoms with Gasteiger partial charge in [0.25, 0.3) is 5.91 Å². The molecule has 3 rings (SSSR count). The quantitative estimate of drug-likeness (QED) is 0.833. The fourth-order valence-electron chi connectivity index (χ4n) is 3.63. The summed E-state index contributed by atoms with van der Waals surface area (Å²) >= 11 is 0. The Kier molecular flexibility index (Phi) is 5.95. The zero-order chi connectivity index (χ0) is 17.6. The standard InChI is InChI=1S/C20H28N2O3/c1-15(20(24)21-16-7-4-2-3-5-8-16)25-18-12-10-17(11-13-18)22-14-6-9-19(22)23/h10-13,15-16H,2-9,14H2,1H3,(H,21,24)/t15-/m1/s1. The lowest BCUT2D eigenvalue weighted by molar-refractivity contribution is -0.128. The first-order valence-corrected chi connectivity index (χ1v) is 9.51. The minimum Gasteiger partial charge on any atom is -0.481 e. The van der Waals surface area contributed by atoms with Crippen molar-refractivity contribution in [2.45, 2.75) is 70.4 Å². The molecule has 5 heteroatoms. The van der Waals surface area contributed by atoms with E-state index in [4.69, 9.17) is 4.74 Å². The number of anilines is 1. The molecule has 136 valence electrons. The highest BCUT2D eigenvalue weighted by atomic mass is 16.5. The lowest BCUT2D eigenvalue weighted by atomic mass is 10.1. The predicted octanol–water partition coefficient (Wildman–Crippen LogP) is 3.42. The molecule has 1 aliphatic carbocycles. The van der Waals surface area contributed by atoms with Crippen LogP contribution in [0.5, 0.6) is 5.75 Å². The summed E-state index contributed by atoms with van der Waals surface area (Å²) in [5, 5.41) is 3.12. The van der Waals surface area contributed by atoms with Gasteiger partial charge in [-0.1, -0.05) is 25.7 Å². The van der Waals surface area contributed by atoms with Crippen molar-refractivity contribution in [2.75, 3.05) is 11.4 Å². The molecule has 25 heavy (non-hydrogen) atoms. The number of nitrogens with zero attached hydrogens (tertiary/aromatic N) is 1. The Morgan fingerprint density at radius 1 is 1.12 bits per heavy atom. The van der Waals surface area contributed by atoms with E-state index in [1.807, 2.05) is 24.3 Å². The van der Waals surface area contributed by atoms with Gasteiger partial charge in [0.05, 0.1) is 0 Å². The first kappa shape index (κ1) is 17.8. The van der Waals surface area contributed by atoms with Gasteiger partial charge in [-0.15, -0.1) is 0 Å². The SMILES string of the molecule is C[C@@H](Oc1ccc(N2CCCC2=O)cc1)C(=O)NC1CCCCCC1. The average molecular weight is 344 g/mol. The summed E-state index contributed by atoms with van der Waals surface area (Å²) in [7, 11) is 0. The number of carbonyl (C=O) groups is 2. The molecular formula is C20H28N2O3. The van der Waals surface area contributed by atoms with Crippen LogP contribution in [0.2, 0.25) is 0 Å². The van der Waals surface area contributed by atoms with Crippen LogP contribution in [-0.2, 0) is 9.59 Å². The molecule has 0 spiro atoms. The molecule has 1 aromatic carbocycles. The van der Waals surface area contributed by atoms with Crippen LogP contribution >= 0.6 is 0 Å². The van der Waals surface area contributed by atoms with Crippen molar-refractivity contribution < 1.29 is 14.3 Å². The van der Waals surface area contributed by atoms with Crippen LogP contribution in [0.15, 0.2) is 24.3 Å². The van der Waals surface area contributed by atoms with Crippen LogP contribution in [-0.4, -0.2) is 30.5 Å². The normalized spacial score (nSPS) is 20.2. The maximum atomic E-state index is 12.4. The summed E-state index contributed by atoms with van der Waals surface area (Å²) < 4.78 is 5.78. The van der Waals surface area contributed by atoms with Crippen molar-refractivity contribution in [1.82, 2.24) is 5.32 Å². The van der Waals surface area contributed by atoms with Crippen molar-refractivity contribution in [3.63, 3.8) is 0 Å². The van der Waals surface area contributed by atoms with Gasteiger partial charge >= 0.3 is 0 Å². The highest BCUT2D eigenvalue weighted by Gasteiger charge is 2.22. The Balaban J connectivity index is 1.52. The van der Waals surface area contributed by atoms with Crippen LogP contribution in [0.3, 0.4) is 0 Å². The number of ether oxygens (including phenoxy) is 1. The molecular weight excluding hydrogens is 316 g/mol. The molecule has 2 aliphatic rings. The lowest BCUT2D eigenvalue weighted by Crippen LogP contribution is -2.42. The molecule has 1 saturated heterocycles. The van der Waals surface area contributed by atoms with E-state index in [1.54, 1.807) is 11.8 Å². The molecule has 2 fully saturated rings. The van der Waals surface area contributed by atoms with Crippen molar-refractivity contribution >= 4 is 17.5 Å². The third-order valence-electron chi connectivity index (χ3n) is 5.11. The Labute approximate surface area is 149 Å². The summed E-state index contributed by atoms with van der Waals surface area (Å²) in [4.78, 5) is 25.9. The molecule has 0 aromatic heterocycles. The molecule has 1 aromatic rings. The second-order valence-corrected chi connectivity index (χ2v) is 7.10. The van der Waals surface area contributed by atoms with Gasteiger partial charge < -0.3 is 15.0 Å². The lowest BCUT2D eigenvalue weighted by Gasteiger charge is -2.21. The fraction of sp³-hybridized carbons (Fsp3) is 0.600.